The highest BCUT2D eigenvalue weighted by Crippen LogP contribution is 2.17. The van der Waals surface area contributed by atoms with Crippen LogP contribution >= 0.6 is 0 Å². The lowest BCUT2D eigenvalue weighted by Crippen LogP contribution is -2.28. The van der Waals surface area contributed by atoms with Crippen LogP contribution in [0.1, 0.15) is 28.8 Å². The fourth-order valence-corrected chi connectivity index (χ4v) is 1.67. The average molecular weight is 232 g/mol. The fraction of sp³-hybridized carbons (Fsp3) is 0.357. The monoisotopic (exact) mass is 232 g/mol. The Labute approximate surface area is 103 Å². The zero-order valence-corrected chi connectivity index (χ0v) is 10.6. The minimum atomic E-state index is 0.0267. The topological polar surface area (TPSA) is 46.3 Å². The zero-order chi connectivity index (χ0) is 12.8. The second-order valence-electron chi connectivity index (χ2n) is 4.18. The van der Waals surface area contributed by atoms with Crippen LogP contribution in [0.5, 0.6) is 0 Å². The van der Waals surface area contributed by atoms with Gasteiger partial charge in [-0.25, -0.2) is 0 Å². The van der Waals surface area contributed by atoms with Gasteiger partial charge in [0.25, 0.3) is 5.91 Å². The first-order valence-corrected chi connectivity index (χ1v) is 5.79. The summed E-state index contributed by atoms with van der Waals surface area (Å²) in [4.78, 5) is 13.9. The van der Waals surface area contributed by atoms with Crippen LogP contribution in [0.3, 0.4) is 0 Å². The number of carbonyl (C=O) groups excluding carboxylic acids is 1. The van der Waals surface area contributed by atoms with Gasteiger partial charge in [-0.2, -0.15) is 0 Å². The summed E-state index contributed by atoms with van der Waals surface area (Å²) in [5.74, 6) is 0.0267. The molecule has 0 fully saturated rings. The molecule has 3 heteroatoms. The normalized spacial score (nSPS) is 10.0. The minimum Gasteiger partial charge on any atom is -0.398 e. The van der Waals surface area contributed by atoms with Crippen molar-refractivity contribution in [2.75, 3.05) is 19.3 Å². The minimum absolute atomic E-state index is 0.0267. The standard InChI is InChI=1S/C14H20N2O/c1-4-5-6-10-16(3)14(17)12-8-7-9-13(15)11(12)2/h4,7-9H,1,5-6,10,15H2,2-3H3. The Kier molecular flexibility index (Phi) is 4.76. The third kappa shape index (κ3) is 3.34. The summed E-state index contributed by atoms with van der Waals surface area (Å²) in [7, 11) is 1.81. The Morgan fingerprint density at radius 2 is 2.24 bits per heavy atom. The largest absolute Gasteiger partial charge is 0.398 e. The average Bonchev–Trinajstić information content (AvgIpc) is 2.32. The van der Waals surface area contributed by atoms with Crippen molar-refractivity contribution in [1.29, 1.82) is 0 Å². The van der Waals surface area contributed by atoms with Gasteiger partial charge < -0.3 is 10.6 Å². The number of allylic oxidation sites excluding steroid dienone is 1. The van der Waals surface area contributed by atoms with E-state index in [9.17, 15) is 4.79 Å². The van der Waals surface area contributed by atoms with Crippen molar-refractivity contribution in [1.82, 2.24) is 4.90 Å². The predicted molar refractivity (Wildman–Crippen MR) is 72.0 cm³/mol. The second kappa shape index (κ2) is 6.09. The van der Waals surface area contributed by atoms with Crippen LogP contribution in [0.15, 0.2) is 30.9 Å². The second-order valence-corrected chi connectivity index (χ2v) is 4.18. The molecule has 17 heavy (non-hydrogen) atoms. The molecule has 2 N–H and O–H groups in total. The number of amides is 1. The van der Waals surface area contributed by atoms with Crippen LogP contribution in [0.4, 0.5) is 5.69 Å². The maximum atomic E-state index is 12.2. The number of nitrogens with zero attached hydrogens (tertiary/aromatic N) is 1. The van der Waals surface area contributed by atoms with Gasteiger partial charge in [-0.3, -0.25) is 4.79 Å². The number of carbonyl (C=O) groups is 1. The molecule has 0 aliphatic rings. The van der Waals surface area contributed by atoms with Gasteiger partial charge >= 0.3 is 0 Å². The Bertz CT molecular complexity index is 413. The predicted octanol–water partition coefficient (Wildman–Crippen LogP) is 2.62. The van der Waals surface area contributed by atoms with Gasteiger partial charge in [-0.1, -0.05) is 12.1 Å². The Hall–Kier alpha value is -1.77. The van der Waals surface area contributed by atoms with E-state index < -0.39 is 0 Å². The smallest absolute Gasteiger partial charge is 0.253 e. The summed E-state index contributed by atoms with van der Waals surface area (Å²) in [6.45, 7) is 6.28. The van der Waals surface area contributed by atoms with Crippen molar-refractivity contribution in [3.8, 4) is 0 Å². The lowest BCUT2D eigenvalue weighted by molar-refractivity contribution is 0.0793. The molecule has 1 rings (SSSR count). The Morgan fingerprint density at radius 1 is 1.53 bits per heavy atom. The van der Waals surface area contributed by atoms with Crippen molar-refractivity contribution in [2.24, 2.45) is 0 Å². The molecule has 0 aromatic heterocycles. The highest BCUT2D eigenvalue weighted by molar-refractivity contribution is 5.96. The first-order valence-electron chi connectivity index (χ1n) is 5.79. The maximum Gasteiger partial charge on any atom is 0.253 e. The van der Waals surface area contributed by atoms with Crippen molar-refractivity contribution < 1.29 is 4.79 Å². The number of nitrogens with two attached hydrogens (primary N) is 1. The van der Waals surface area contributed by atoms with Gasteiger partial charge in [0.05, 0.1) is 0 Å². The summed E-state index contributed by atoms with van der Waals surface area (Å²) in [5.41, 5.74) is 8.00. The molecular weight excluding hydrogens is 212 g/mol. The maximum absolute atomic E-state index is 12.2. The first kappa shape index (κ1) is 13.3. The van der Waals surface area contributed by atoms with E-state index in [0.29, 0.717) is 11.3 Å². The summed E-state index contributed by atoms with van der Waals surface area (Å²) < 4.78 is 0. The zero-order valence-electron chi connectivity index (χ0n) is 10.6. The lowest BCUT2D eigenvalue weighted by Gasteiger charge is -2.18. The van der Waals surface area contributed by atoms with Crippen molar-refractivity contribution in [3.05, 3.63) is 42.0 Å². The molecule has 92 valence electrons. The van der Waals surface area contributed by atoms with Gasteiger partial charge in [-0.15, -0.1) is 6.58 Å². The number of rotatable bonds is 5. The van der Waals surface area contributed by atoms with E-state index in [4.69, 9.17) is 5.73 Å². The molecule has 0 aliphatic heterocycles. The van der Waals surface area contributed by atoms with Crippen LogP contribution in [0, 0.1) is 6.92 Å². The van der Waals surface area contributed by atoms with Crippen LogP contribution in [0.2, 0.25) is 0 Å². The molecule has 0 aliphatic carbocycles. The molecule has 0 spiro atoms. The third-order valence-corrected chi connectivity index (χ3v) is 2.85. The quantitative estimate of drug-likeness (QED) is 0.482. The van der Waals surface area contributed by atoms with Gasteiger partial charge in [0, 0.05) is 24.8 Å². The van der Waals surface area contributed by atoms with Crippen LogP contribution < -0.4 is 5.73 Å². The molecule has 0 atom stereocenters. The molecule has 1 amide bonds. The van der Waals surface area contributed by atoms with Crippen molar-refractivity contribution >= 4 is 11.6 Å². The number of nitrogen functional groups attached to an aromatic ring is 1. The summed E-state index contributed by atoms with van der Waals surface area (Å²) >= 11 is 0. The van der Waals surface area contributed by atoms with Gasteiger partial charge in [0.1, 0.15) is 0 Å². The summed E-state index contributed by atoms with van der Waals surface area (Å²) in [6, 6.07) is 5.44. The van der Waals surface area contributed by atoms with E-state index in [-0.39, 0.29) is 5.91 Å². The van der Waals surface area contributed by atoms with Crippen molar-refractivity contribution in [3.63, 3.8) is 0 Å². The molecule has 0 radical (unpaired) electrons. The number of hydrogen-bond donors (Lipinski definition) is 1. The molecule has 3 nitrogen and oxygen atoms in total. The van der Waals surface area contributed by atoms with Gasteiger partial charge in [-0.05, 0) is 37.5 Å². The molecule has 0 saturated carbocycles. The van der Waals surface area contributed by atoms with Gasteiger partial charge in [0.2, 0.25) is 0 Å². The SMILES string of the molecule is C=CCCCN(C)C(=O)c1cccc(N)c1C. The highest BCUT2D eigenvalue weighted by atomic mass is 16.2. The van der Waals surface area contributed by atoms with Crippen LogP contribution in [-0.4, -0.2) is 24.4 Å². The number of unbranched alkanes of at least 4 members (excludes halogenated alkanes) is 1. The number of benzene rings is 1. The third-order valence-electron chi connectivity index (χ3n) is 2.85. The highest BCUT2D eigenvalue weighted by Gasteiger charge is 2.14. The van der Waals surface area contributed by atoms with Crippen LogP contribution in [0.25, 0.3) is 0 Å². The van der Waals surface area contributed by atoms with E-state index in [1.165, 1.54) is 0 Å². The molecule has 1 aromatic rings. The Balaban J connectivity index is 2.75. The molecule has 0 unspecified atom stereocenters. The van der Waals surface area contributed by atoms with E-state index in [1.807, 2.05) is 38.2 Å². The summed E-state index contributed by atoms with van der Waals surface area (Å²) in [5, 5.41) is 0. The van der Waals surface area contributed by atoms with E-state index in [1.54, 1.807) is 4.90 Å². The van der Waals surface area contributed by atoms with E-state index >= 15 is 0 Å². The fourth-order valence-electron chi connectivity index (χ4n) is 1.67. The molecular formula is C14H20N2O. The van der Waals surface area contributed by atoms with E-state index in [2.05, 4.69) is 6.58 Å². The van der Waals surface area contributed by atoms with Crippen LogP contribution in [-0.2, 0) is 0 Å². The van der Waals surface area contributed by atoms with Crippen molar-refractivity contribution in [2.45, 2.75) is 19.8 Å². The van der Waals surface area contributed by atoms with E-state index in [0.717, 1.165) is 24.9 Å². The number of hydrogen-bond acceptors (Lipinski definition) is 2. The molecule has 0 bridgehead atoms. The summed E-state index contributed by atoms with van der Waals surface area (Å²) in [6.07, 6.45) is 3.73. The molecule has 0 heterocycles. The molecule has 0 saturated heterocycles. The first-order chi connectivity index (χ1) is 8.07. The van der Waals surface area contributed by atoms with Gasteiger partial charge in [0.15, 0.2) is 0 Å². The number of anilines is 1. The molecule has 1 aromatic carbocycles. The Morgan fingerprint density at radius 3 is 2.88 bits per heavy atom. The lowest BCUT2D eigenvalue weighted by atomic mass is 10.1.